The summed E-state index contributed by atoms with van der Waals surface area (Å²) in [4.78, 5) is 8.36. The van der Waals surface area contributed by atoms with Crippen molar-refractivity contribution in [2.24, 2.45) is 10.7 Å². The van der Waals surface area contributed by atoms with E-state index >= 15 is 0 Å². The van der Waals surface area contributed by atoms with E-state index in [1.807, 2.05) is 0 Å². The average Bonchev–Trinajstić information content (AvgIpc) is 2.60. The van der Waals surface area contributed by atoms with Crippen LogP contribution in [-0.4, -0.2) is 24.1 Å². The topological polar surface area (TPSA) is 72.5 Å². The summed E-state index contributed by atoms with van der Waals surface area (Å²) in [6, 6.07) is 9.80. The molecule has 1 aliphatic carbocycles. The van der Waals surface area contributed by atoms with Gasteiger partial charge in [-0.3, -0.25) is 0 Å². The maximum atomic E-state index is 5.99. The highest BCUT2D eigenvalue weighted by molar-refractivity contribution is 6.31. The standard InChI is InChI=1S/C18H21ClN4O/c19-15-8-4-10-21-17(15)24-12-11-22-18(20)23-16-9-3-6-13-5-1-2-7-14(13)16/h3-4,6,8-10H,1-2,5,7,11-12H2,(H3,20,22,23). The minimum Gasteiger partial charge on any atom is -0.475 e. The highest BCUT2D eigenvalue weighted by Gasteiger charge is 2.13. The van der Waals surface area contributed by atoms with E-state index in [-0.39, 0.29) is 0 Å². The van der Waals surface area contributed by atoms with E-state index in [9.17, 15) is 0 Å². The molecule has 5 nitrogen and oxygen atoms in total. The summed E-state index contributed by atoms with van der Waals surface area (Å²) in [5.74, 6) is 0.808. The van der Waals surface area contributed by atoms with E-state index in [0.29, 0.717) is 30.0 Å². The SMILES string of the molecule is NC(=NCCOc1ncccc1Cl)Nc1cccc2c1CCCC2. The first-order chi connectivity index (χ1) is 11.7. The van der Waals surface area contributed by atoms with E-state index in [0.717, 1.165) is 18.5 Å². The molecule has 3 rings (SSSR count). The van der Waals surface area contributed by atoms with Gasteiger partial charge in [-0.15, -0.1) is 0 Å². The lowest BCUT2D eigenvalue weighted by Gasteiger charge is -2.19. The number of ether oxygens (including phenoxy) is 1. The summed E-state index contributed by atoms with van der Waals surface area (Å²) >= 11 is 5.98. The second kappa shape index (κ2) is 8.02. The van der Waals surface area contributed by atoms with Crippen molar-refractivity contribution in [1.29, 1.82) is 0 Å². The Morgan fingerprint density at radius 2 is 2.12 bits per heavy atom. The van der Waals surface area contributed by atoms with Crippen molar-refractivity contribution in [3.8, 4) is 5.88 Å². The van der Waals surface area contributed by atoms with Crippen LogP contribution in [0.5, 0.6) is 5.88 Å². The van der Waals surface area contributed by atoms with Crippen molar-refractivity contribution >= 4 is 23.2 Å². The minimum atomic E-state index is 0.367. The molecule has 3 N–H and O–H groups in total. The van der Waals surface area contributed by atoms with Crippen molar-refractivity contribution in [2.75, 3.05) is 18.5 Å². The molecule has 126 valence electrons. The lowest BCUT2D eigenvalue weighted by atomic mass is 9.90. The number of nitrogens with one attached hydrogen (secondary N) is 1. The van der Waals surface area contributed by atoms with Crippen LogP contribution >= 0.6 is 11.6 Å². The Labute approximate surface area is 146 Å². The smallest absolute Gasteiger partial charge is 0.232 e. The fraction of sp³-hybridized carbons (Fsp3) is 0.333. The molecule has 0 amide bonds. The quantitative estimate of drug-likeness (QED) is 0.495. The Morgan fingerprint density at radius 1 is 1.25 bits per heavy atom. The van der Waals surface area contributed by atoms with Gasteiger partial charge in [0.1, 0.15) is 11.6 Å². The molecule has 0 unspecified atom stereocenters. The van der Waals surface area contributed by atoms with Gasteiger partial charge in [-0.1, -0.05) is 23.7 Å². The molecular weight excluding hydrogens is 324 g/mol. The van der Waals surface area contributed by atoms with Crippen molar-refractivity contribution < 1.29 is 4.74 Å². The third kappa shape index (κ3) is 4.17. The van der Waals surface area contributed by atoms with Crippen LogP contribution in [0.4, 0.5) is 5.69 Å². The number of rotatable bonds is 5. The van der Waals surface area contributed by atoms with Crippen molar-refractivity contribution in [3.05, 3.63) is 52.7 Å². The monoisotopic (exact) mass is 344 g/mol. The fourth-order valence-electron chi connectivity index (χ4n) is 2.86. The third-order valence-electron chi connectivity index (χ3n) is 4.00. The third-order valence-corrected chi connectivity index (χ3v) is 4.28. The number of aromatic nitrogens is 1. The Bertz CT molecular complexity index is 733. The molecule has 0 radical (unpaired) electrons. The van der Waals surface area contributed by atoms with Gasteiger partial charge in [0, 0.05) is 11.9 Å². The number of hydrogen-bond donors (Lipinski definition) is 2. The van der Waals surface area contributed by atoms with Crippen LogP contribution in [0.3, 0.4) is 0 Å². The number of nitrogens with two attached hydrogens (primary N) is 1. The zero-order chi connectivity index (χ0) is 16.8. The van der Waals surface area contributed by atoms with Crippen LogP contribution in [0.2, 0.25) is 5.02 Å². The van der Waals surface area contributed by atoms with Gasteiger partial charge in [-0.25, -0.2) is 9.98 Å². The molecule has 1 aromatic carbocycles. The molecular formula is C18H21ClN4O. The first-order valence-corrected chi connectivity index (χ1v) is 8.53. The number of anilines is 1. The van der Waals surface area contributed by atoms with E-state index in [1.165, 1.54) is 24.0 Å². The number of fused-ring (bicyclic) bond motifs is 1. The predicted molar refractivity (Wildman–Crippen MR) is 97.9 cm³/mol. The Kier molecular flexibility index (Phi) is 5.54. The normalized spacial score (nSPS) is 14.1. The summed E-state index contributed by atoms with van der Waals surface area (Å²) in [6.45, 7) is 0.798. The summed E-state index contributed by atoms with van der Waals surface area (Å²) < 4.78 is 5.49. The highest BCUT2D eigenvalue weighted by atomic mass is 35.5. The number of aliphatic imine (C=N–C) groups is 1. The number of hydrogen-bond acceptors (Lipinski definition) is 3. The van der Waals surface area contributed by atoms with Crippen LogP contribution in [0.1, 0.15) is 24.0 Å². The van der Waals surface area contributed by atoms with Crippen LogP contribution in [0, 0.1) is 0 Å². The zero-order valence-electron chi connectivity index (χ0n) is 13.5. The maximum absolute atomic E-state index is 5.99. The van der Waals surface area contributed by atoms with Crippen molar-refractivity contribution in [3.63, 3.8) is 0 Å². The van der Waals surface area contributed by atoms with Crippen LogP contribution in [0.25, 0.3) is 0 Å². The highest BCUT2D eigenvalue weighted by Crippen LogP contribution is 2.27. The molecule has 0 aliphatic heterocycles. The van der Waals surface area contributed by atoms with Gasteiger partial charge in [0.25, 0.3) is 0 Å². The average molecular weight is 345 g/mol. The van der Waals surface area contributed by atoms with Gasteiger partial charge in [0.05, 0.1) is 6.54 Å². The molecule has 0 saturated heterocycles. The Hall–Kier alpha value is -2.27. The van der Waals surface area contributed by atoms with E-state index in [4.69, 9.17) is 22.1 Å². The molecule has 2 aromatic rings. The minimum absolute atomic E-state index is 0.367. The molecule has 1 aromatic heterocycles. The summed E-state index contributed by atoms with van der Waals surface area (Å²) in [5, 5.41) is 3.70. The first-order valence-electron chi connectivity index (χ1n) is 8.15. The molecule has 1 heterocycles. The Morgan fingerprint density at radius 3 is 3.00 bits per heavy atom. The van der Waals surface area contributed by atoms with E-state index in [2.05, 4.69) is 33.5 Å². The van der Waals surface area contributed by atoms with E-state index < -0.39 is 0 Å². The van der Waals surface area contributed by atoms with Gasteiger partial charge in [-0.2, -0.15) is 0 Å². The molecule has 0 spiro atoms. The largest absolute Gasteiger partial charge is 0.475 e. The number of aryl methyl sites for hydroxylation is 1. The molecule has 0 atom stereocenters. The number of pyridine rings is 1. The molecule has 0 fully saturated rings. The molecule has 24 heavy (non-hydrogen) atoms. The zero-order valence-corrected chi connectivity index (χ0v) is 14.2. The second-order valence-corrected chi connectivity index (χ2v) is 6.09. The fourth-order valence-corrected chi connectivity index (χ4v) is 3.04. The molecule has 1 aliphatic rings. The predicted octanol–water partition coefficient (Wildman–Crippen LogP) is 3.42. The van der Waals surface area contributed by atoms with Crippen LogP contribution < -0.4 is 15.8 Å². The number of benzene rings is 1. The lowest BCUT2D eigenvalue weighted by molar-refractivity contribution is 0.316. The van der Waals surface area contributed by atoms with Crippen LogP contribution in [0.15, 0.2) is 41.5 Å². The van der Waals surface area contributed by atoms with Gasteiger partial charge >= 0.3 is 0 Å². The van der Waals surface area contributed by atoms with Crippen molar-refractivity contribution in [1.82, 2.24) is 4.98 Å². The van der Waals surface area contributed by atoms with Gasteiger partial charge < -0.3 is 15.8 Å². The number of guanidine groups is 1. The second-order valence-electron chi connectivity index (χ2n) is 5.68. The van der Waals surface area contributed by atoms with Crippen LogP contribution in [-0.2, 0) is 12.8 Å². The van der Waals surface area contributed by atoms with E-state index in [1.54, 1.807) is 18.3 Å². The maximum Gasteiger partial charge on any atom is 0.232 e. The molecule has 6 heteroatoms. The van der Waals surface area contributed by atoms with Gasteiger partial charge in [-0.05, 0) is 55.0 Å². The van der Waals surface area contributed by atoms with Gasteiger partial charge in [0.15, 0.2) is 5.96 Å². The summed E-state index contributed by atoms with van der Waals surface area (Å²) in [6.07, 6.45) is 6.35. The number of halogens is 1. The number of nitrogens with zero attached hydrogens (tertiary/aromatic N) is 2. The summed E-state index contributed by atoms with van der Waals surface area (Å²) in [7, 11) is 0. The Balaban J connectivity index is 1.54. The first kappa shape index (κ1) is 16.6. The molecule has 0 bridgehead atoms. The molecule has 0 saturated carbocycles. The summed E-state index contributed by atoms with van der Waals surface area (Å²) in [5.41, 5.74) is 9.82. The van der Waals surface area contributed by atoms with Gasteiger partial charge in [0.2, 0.25) is 5.88 Å². The lowest BCUT2D eigenvalue weighted by Crippen LogP contribution is -2.25. The van der Waals surface area contributed by atoms with Crippen molar-refractivity contribution in [2.45, 2.75) is 25.7 Å².